The van der Waals surface area contributed by atoms with Gasteiger partial charge in [0.25, 0.3) is 0 Å². The van der Waals surface area contributed by atoms with Gasteiger partial charge < -0.3 is 4.74 Å². The van der Waals surface area contributed by atoms with Crippen molar-refractivity contribution >= 4 is 27.5 Å². The van der Waals surface area contributed by atoms with Gasteiger partial charge in [0.05, 0.1) is 18.5 Å². The molecule has 1 aliphatic rings. The van der Waals surface area contributed by atoms with E-state index < -0.39 is 0 Å². The maximum atomic E-state index is 5.93. The van der Waals surface area contributed by atoms with Crippen molar-refractivity contribution < 1.29 is 4.74 Å². The average molecular weight is 340 g/mol. The van der Waals surface area contributed by atoms with Crippen LogP contribution in [-0.4, -0.2) is 17.1 Å². The highest BCUT2D eigenvalue weighted by molar-refractivity contribution is 9.10. The monoisotopic (exact) mass is 338 g/mol. The molecule has 1 saturated carbocycles. The molecule has 2 aromatic rings. The quantitative estimate of drug-likeness (QED) is 0.829. The molecular weight excluding hydrogens is 328 g/mol. The third-order valence-electron chi connectivity index (χ3n) is 3.13. The lowest BCUT2D eigenvalue weighted by molar-refractivity contribution is 0.390. The number of hydrogen-bond donors (Lipinski definition) is 0. The number of halogens is 2. The molecule has 19 heavy (non-hydrogen) atoms. The van der Waals surface area contributed by atoms with E-state index in [9.17, 15) is 0 Å². The molecule has 0 saturated heterocycles. The molecule has 1 aromatic heterocycles. The smallest absolute Gasteiger partial charge is 0.247 e. The Labute approximate surface area is 125 Å². The number of nitrogens with zero attached hydrogens (tertiary/aromatic N) is 2. The molecule has 1 heterocycles. The highest BCUT2D eigenvalue weighted by atomic mass is 79.9. The van der Waals surface area contributed by atoms with Gasteiger partial charge in [0, 0.05) is 16.5 Å². The number of hydrogen-bond acceptors (Lipinski definition) is 3. The van der Waals surface area contributed by atoms with E-state index in [1.54, 1.807) is 7.11 Å². The molecule has 98 valence electrons. The molecule has 5 heteroatoms. The fourth-order valence-electron chi connectivity index (χ4n) is 2.00. The van der Waals surface area contributed by atoms with E-state index >= 15 is 0 Å². The van der Waals surface area contributed by atoms with Crippen LogP contribution in [0.3, 0.4) is 0 Å². The number of methoxy groups -OCH3 is 1. The van der Waals surface area contributed by atoms with Crippen molar-refractivity contribution in [2.24, 2.45) is 0 Å². The van der Waals surface area contributed by atoms with Crippen LogP contribution in [0.5, 0.6) is 5.88 Å². The SMILES string of the molecule is COc1nc(C2CC2)c(-c2ccc(Cl)cc2)nc1Br. The second-order valence-electron chi connectivity index (χ2n) is 4.54. The Hall–Kier alpha value is -1.13. The third-order valence-corrected chi connectivity index (χ3v) is 3.89. The van der Waals surface area contributed by atoms with Gasteiger partial charge in [0.2, 0.25) is 5.88 Å². The third kappa shape index (κ3) is 2.60. The van der Waals surface area contributed by atoms with Crippen LogP contribution in [0.4, 0.5) is 0 Å². The van der Waals surface area contributed by atoms with Crippen LogP contribution in [0.2, 0.25) is 5.02 Å². The summed E-state index contributed by atoms with van der Waals surface area (Å²) in [6.45, 7) is 0. The Balaban J connectivity index is 2.13. The summed E-state index contributed by atoms with van der Waals surface area (Å²) in [6.07, 6.45) is 2.33. The van der Waals surface area contributed by atoms with Crippen LogP contribution < -0.4 is 4.74 Å². The van der Waals surface area contributed by atoms with E-state index in [0.717, 1.165) is 22.0 Å². The van der Waals surface area contributed by atoms with Crippen molar-refractivity contribution in [3.05, 3.63) is 39.6 Å². The molecular formula is C14H12BrClN2O. The van der Waals surface area contributed by atoms with Crippen molar-refractivity contribution in [3.8, 4) is 17.1 Å². The molecule has 3 nitrogen and oxygen atoms in total. The zero-order chi connectivity index (χ0) is 13.4. The minimum Gasteiger partial charge on any atom is -0.479 e. The first-order chi connectivity index (χ1) is 9.19. The van der Waals surface area contributed by atoms with E-state index in [2.05, 4.69) is 25.9 Å². The van der Waals surface area contributed by atoms with Crippen LogP contribution in [0, 0.1) is 0 Å². The summed E-state index contributed by atoms with van der Waals surface area (Å²) in [5, 5.41) is 0.720. The van der Waals surface area contributed by atoms with Gasteiger partial charge in [-0.2, -0.15) is 0 Å². The van der Waals surface area contributed by atoms with Gasteiger partial charge in [-0.3, -0.25) is 0 Å². The highest BCUT2D eigenvalue weighted by Gasteiger charge is 2.30. The fraction of sp³-hybridized carbons (Fsp3) is 0.286. The number of aromatic nitrogens is 2. The summed E-state index contributed by atoms with van der Waals surface area (Å²) in [6, 6.07) is 7.68. The van der Waals surface area contributed by atoms with Gasteiger partial charge in [-0.15, -0.1) is 0 Å². The summed E-state index contributed by atoms with van der Waals surface area (Å²) in [5.74, 6) is 1.04. The van der Waals surface area contributed by atoms with E-state index in [-0.39, 0.29) is 0 Å². The van der Waals surface area contributed by atoms with Gasteiger partial charge in [-0.25, -0.2) is 9.97 Å². The first-order valence-electron chi connectivity index (χ1n) is 6.06. The largest absolute Gasteiger partial charge is 0.479 e. The first-order valence-corrected chi connectivity index (χ1v) is 7.23. The van der Waals surface area contributed by atoms with E-state index in [0.29, 0.717) is 16.4 Å². The number of benzene rings is 1. The molecule has 1 aliphatic carbocycles. The minimum absolute atomic E-state index is 0.500. The Morgan fingerprint density at radius 1 is 1.21 bits per heavy atom. The van der Waals surface area contributed by atoms with Crippen molar-refractivity contribution in [2.45, 2.75) is 18.8 Å². The molecule has 0 N–H and O–H groups in total. The Morgan fingerprint density at radius 2 is 1.89 bits per heavy atom. The second-order valence-corrected chi connectivity index (χ2v) is 5.73. The lowest BCUT2D eigenvalue weighted by Crippen LogP contribution is -2.00. The minimum atomic E-state index is 0.500. The van der Waals surface area contributed by atoms with E-state index in [1.807, 2.05) is 24.3 Å². The van der Waals surface area contributed by atoms with E-state index in [4.69, 9.17) is 16.3 Å². The standard InChI is InChI=1S/C14H12BrClN2O/c1-19-14-13(15)17-11(12(18-14)8-2-3-8)9-4-6-10(16)7-5-9/h4-8H,2-3H2,1H3. The van der Waals surface area contributed by atoms with Crippen LogP contribution in [-0.2, 0) is 0 Å². The molecule has 0 bridgehead atoms. The first kappa shape index (κ1) is 12.9. The fourth-order valence-corrected chi connectivity index (χ4v) is 2.56. The van der Waals surface area contributed by atoms with Crippen molar-refractivity contribution in [1.82, 2.24) is 9.97 Å². The molecule has 0 atom stereocenters. The van der Waals surface area contributed by atoms with Crippen LogP contribution in [0.25, 0.3) is 11.3 Å². The maximum absolute atomic E-state index is 5.93. The molecule has 1 aromatic carbocycles. The van der Waals surface area contributed by atoms with Gasteiger partial charge in [-0.1, -0.05) is 23.7 Å². The molecule has 1 fully saturated rings. The molecule has 0 aliphatic heterocycles. The van der Waals surface area contributed by atoms with Crippen molar-refractivity contribution in [2.75, 3.05) is 7.11 Å². The molecule has 0 amide bonds. The predicted octanol–water partition coefficient (Wildman–Crippen LogP) is 4.45. The summed E-state index contributed by atoms with van der Waals surface area (Å²) in [7, 11) is 1.60. The van der Waals surface area contributed by atoms with Crippen molar-refractivity contribution in [1.29, 1.82) is 0 Å². The normalized spacial score (nSPS) is 14.5. The van der Waals surface area contributed by atoms with Crippen LogP contribution in [0.15, 0.2) is 28.9 Å². The molecule has 3 rings (SSSR count). The van der Waals surface area contributed by atoms with E-state index in [1.165, 1.54) is 12.8 Å². The number of ether oxygens (including phenoxy) is 1. The van der Waals surface area contributed by atoms with Gasteiger partial charge >= 0.3 is 0 Å². The van der Waals surface area contributed by atoms with Crippen LogP contribution in [0.1, 0.15) is 24.5 Å². The Kier molecular flexibility index (Phi) is 3.46. The zero-order valence-electron chi connectivity index (χ0n) is 10.4. The Morgan fingerprint density at radius 3 is 2.47 bits per heavy atom. The van der Waals surface area contributed by atoms with Gasteiger partial charge in [-0.05, 0) is 40.9 Å². The summed E-state index contributed by atoms with van der Waals surface area (Å²) in [4.78, 5) is 9.18. The lowest BCUT2D eigenvalue weighted by atomic mass is 10.1. The summed E-state index contributed by atoms with van der Waals surface area (Å²) < 4.78 is 5.86. The zero-order valence-corrected chi connectivity index (χ0v) is 12.7. The van der Waals surface area contributed by atoms with Gasteiger partial charge in [0.15, 0.2) is 4.60 Å². The second kappa shape index (κ2) is 5.10. The average Bonchev–Trinajstić information content (AvgIpc) is 3.24. The molecule has 0 radical (unpaired) electrons. The number of rotatable bonds is 3. The van der Waals surface area contributed by atoms with Crippen molar-refractivity contribution in [3.63, 3.8) is 0 Å². The maximum Gasteiger partial charge on any atom is 0.247 e. The predicted molar refractivity (Wildman–Crippen MR) is 78.7 cm³/mol. The summed E-state index contributed by atoms with van der Waals surface area (Å²) >= 11 is 9.33. The van der Waals surface area contributed by atoms with Gasteiger partial charge in [0.1, 0.15) is 0 Å². The highest BCUT2D eigenvalue weighted by Crippen LogP contribution is 2.44. The molecule has 0 unspecified atom stereocenters. The Bertz CT molecular complexity index is 612. The summed E-state index contributed by atoms with van der Waals surface area (Å²) in [5.41, 5.74) is 2.95. The lowest BCUT2D eigenvalue weighted by Gasteiger charge is -2.10. The topological polar surface area (TPSA) is 35.0 Å². The molecule has 0 spiro atoms. The van der Waals surface area contributed by atoms with Crippen LogP contribution >= 0.6 is 27.5 Å².